The van der Waals surface area contributed by atoms with E-state index in [0.29, 0.717) is 11.1 Å². The number of carbonyl (C=O) groups is 1. The Hall–Kier alpha value is -1.76. The van der Waals surface area contributed by atoms with Gasteiger partial charge in [-0.3, -0.25) is 14.9 Å². The maximum absolute atomic E-state index is 12.1. The molecular formula is C14H10INO3. The van der Waals surface area contributed by atoms with Gasteiger partial charge in [-0.05, 0) is 34.7 Å². The van der Waals surface area contributed by atoms with Crippen LogP contribution in [0.4, 0.5) is 5.69 Å². The molecule has 0 aliphatic rings. The molecule has 0 aliphatic carbocycles. The first kappa shape index (κ1) is 13.7. The Morgan fingerprint density at radius 3 is 2.58 bits per heavy atom. The number of Topliss-reactive ketones (excluding diaryl/α,β-unsaturated/α-hetero) is 1. The third kappa shape index (κ3) is 3.37. The third-order valence-electron chi connectivity index (χ3n) is 2.69. The number of hydrogen-bond acceptors (Lipinski definition) is 3. The molecule has 2 rings (SSSR count). The lowest BCUT2D eigenvalue weighted by Crippen LogP contribution is -2.06. The highest BCUT2D eigenvalue weighted by molar-refractivity contribution is 14.1. The molecule has 5 heteroatoms. The van der Waals surface area contributed by atoms with Crippen LogP contribution in [0.3, 0.4) is 0 Å². The van der Waals surface area contributed by atoms with Gasteiger partial charge in [0.05, 0.1) is 4.92 Å². The Bertz CT molecular complexity index is 640. The van der Waals surface area contributed by atoms with Crippen LogP contribution < -0.4 is 0 Å². The zero-order chi connectivity index (χ0) is 13.8. The fourth-order valence-corrected chi connectivity index (χ4v) is 2.32. The van der Waals surface area contributed by atoms with Crippen LogP contribution in [0.25, 0.3) is 0 Å². The maximum atomic E-state index is 12.1. The fourth-order valence-electron chi connectivity index (χ4n) is 1.78. The van der Waals surface area contributed by atoms with E-state index in [1.807, 2.05) is 6.07 Å². The lowest BCUT2D eigenvalue weighted by molar-refractivity contribution is -0.385. The van der Waals surface area contributed by atoms with E-state index in [9.17, 15) is 14.9 Å². The summed E-state index contributed by atoms with van der Waals surface area (Å²) in [5.74, 6) is -0.118. The zero-order valence-corrected chi connectivity index (χ0v) is 12.0. The minimum Gasteiger partial charge on any atom is -0.294 e. The van der Waals surface area contributed by atoms with Crippen LogP contribution in [-0.4, -0.2) is 10.7 Å². The highest BCUT2D eigenvalue weighted by atomic mass is 127. The normalized spacial score (nSPS) is 10.2. The summed E-state index contributed by atoms with van der Waals surface area (Å²) in [5.41, 5.74) is 1.00. The van der Waals surface area contributed by atoms with Gasteiger partial charge in [-0.25, -0.2) is 0 Å². The number of benzene rings is 2. The van der Waals surface area contributed by atoms with Crippen LogP contribution in [0.5, 0.6) is 0 Å². The summed E-state index contributed by atoms with van der Waals surface area (Å²) in [6.07, 6.45) is 0.0389. The van der Waals surface area contributed by atoms with Crippen molar-refractivity contribution in [3.63, 3.8) is 0 Å². The third-order valence-corrected chi connectivity index (χ3v) is 3.36. The molecule has 0 heterocycles. The van der Waals surface area contributed by atoms with E-state index in [1.54, 1.807) is 36.4 Å². The van der Waals surface area contributed by atoms with E-state index in [4.69, 9.17) is 0 Å². The molecule has 0 aliphatic heterocycles. The van der Waals surface area contributed by atoms with E-state index in [1.165, 1.54) is 6.07 Å². The largest absolute Gasteiger partial charge is 0.294 e. The highest BCUT2D eigenvalue weighted by Gasteiger charge is 2.16. The molecule has 0 saturated heterocycles. The summed E-state index contributed by atoms with van der Waals surface area (Å²) in [5, 5.41) is 10.9. The molecule has 4 nitrogen and oxygen atoms in total. The number of carbonyl (C=O) groups excluding carboxylic acids is 1. The summed E-state index contributed by atoms with van der Waals surface area (Å²) in [6, 6.07) is 13.5. The zero-order valence-electron chi connectivity index (χ0n) is 9.88. The van der Waals surface area contributed by atoms with Crippen LogP contribution in [0.1, 0.15) is 15.9 Å². The van der Waals surface area contributed by atoms with Crippen molar-refractivity contribution in [2.75, 3.05) is 0 Å². The van der Waals surface area contributed by atoms with Gasteiger partial charge in [-0.15, -0.1) is 0 Å². The van der Waals surface area contributed by atoms with Crippen LogP contribution in [0.15, 0.2) is 48.5 Å². The molecule has 0 bridgehead atoms. The highest BCUT2D eigenvalue weighted by Crippen LogP contribution is 2.20. The van der Waals surface area contributed by atoms with Gasteiger partial charge in [0.2, 0.25) is 0 Å². The minimum absolute atomic E-state index is 0.0125. The maximum Gasteiger partial charge on any atom is 0.273 e. The van der Waals surface area contributed by atoms with Crippen molar-refractivity contribution in [1.29, 1.82) is 0 Å². The van der Waals surface area contributed by atoms with E-state index in [2.05, 4.69) is 22.6 Å². The number of nitro groups is 1. The second-order valence-corrected chi connectivity index (χ2v) is 5.24. The Morgan fingerprint density at radius 1 is 1.16 bits per heavy atom. The Balaban J connectivity index is 2.27. The summed E-state index contributed by atoms with van der Waals surface area (Å²) >= 11 is 2.13. The fraction of sp³-hybridized carbons (Fsp3) is 0.0714. The lowest BCUT2D eigenvalue weighted by atomic mass is 10.0. The Labute approximate surface area is 123 Å². The van der Waals surface area contributed by atoms with Crippen molar-refractivity contribution >= 4 is 34.1 Å². The topological polar surface area (TPSA) is 60.2 Å². The standard InChI is InChI=1S/C14H10INO3/c15-12-6-3-5-11(8-12)14(17)9-10-4-1-2-7-13(10)16(18)19/h1-8H,9H2. The number of rotatable bonds is 4. The average Bonchev–Trinajstić information content (AvgIpc) is 2.39. The Kier molecular flexibility index (Phi) is 4.26. The Morgan fingerprint density at radius 2 is 1.89 bits per heavy atom. The lowest BCUT2D eigenvalue weighted by Gasteiger charge is -2.03. The van der Waals surface area contributed by atoms with Crippen LogP contribution in [-0.2, 0) is 6.42 Å². The van der Waals surface area contributed by atoms with Gasteiger partial charge in [-0.2, -0.15) is 0 Å². The minimum atomic E-state index is -0.461. The number of hydrogen-bond donors (Lipinski definition) is 0. The van der Waals surface area contributed by atoms with Crippen molar-refractivity contribution in [3.8, 4) is 0 Å². The number of halogens is 1. The molecule has 0 radical (unpaired) electrons. The first-order valence-electron chi connectivity index (χ1n) is 5.59. The molecular weight excluding hydrogens is 357 g/mol. The van der Waals surface area contributed by atoms with E-state index in [0.717, 1.165) is 3.57 Å². The molecule has 2 aromatic rings. The van der Waals surface area contributed by atoms with Crippen molar-refractivity contribution < 1.29 is 9.72 Å². The molecule has 0 unspecified atom stereocenters. The molecule has 0 fully saturated rings. The van der Waals surface area contributed by atoms with Gasteiger partial charge >= 0.3 is 0 Å². The molecule has 0 atom stereocenters. The molecule has 0 amide bonds. The predicted molar refractivity (Wildman–Crippen MR) is 80.3 cm³/mol. The van der Waals surface area contributed by atoms with Gasteiger partial charge in [0.25, 0.3) is 5.69 Å². The van der Waals surface area contributed by atoms with Gasteiger partial charge in [0.1, 0.15) is 0 Å². The molecule has 19 heavy (non-hydrogen) atoms. The summed E-state index contributed by atoms with van der Waals surface area (Å²) < 4.78 is 0.964. The molecule has 0 N–H and O–H groups in total. The number of nitrogens with zero attached hydrogens (tertiary/aromatic N) is 1. The van der Waals surface area contributed by atoms with Crippen LogP contribution in [0.2, 0.25) is 0 Å². The van der Waals surface area contributed by atoms with Crippen molar-refractivity contribution in [1.82, 2.24) is 0 Å². The van der Waals surface area contributed by atoms with E-state index >= 15 is 0 Å². The van der Waals surface area contributed by atoms with Gasteiger partial charge in [0, 0.05) is 27.2 Å². The average molecular weight is 367 g/mol. The summed E-state index contributed by atoms with van der Waals surface area (Å²) in [6.45, 7) is 0. The first-order valence-corrected chi connectivity index (χ1v) is 6.67. The van der Waals surface area contributed by atoms with Gasteiger partial charge < -0.3 is 0 Å². The molecule has 0 saturated carbocycles. The monoisotopic (exact) mass is 367 g/mol. The van der Waals surface area contributed by atoms with Gasteiger partial charge in [-0.1, -0.05) is 30.3 Å². The van der Waals surface area contributed by atoms with E-state index in [-0.39, 0.29) is 17.9 Å². The van der Waals surface area contributed by atoms with Gasteiger partial charge in [0.15, 0.2) is 5.78 Å². The summed E-state index contributed by atoms with van der Waals surface area (Å²) in [4.78, 5) is 22.5. The van der Waals surface area contributed by atoms with Crippen molar-refractivity contribution in [2.45, 2.75) is 6.42 Å². The van der Waals surface area contributed by atoms with Crippen molar-refractivity contribution in [2.24, 2.45) is 0 Å². The van der Waals surface area contributed by atoms with E-state index < -0.39 is 4.92 Å². The van der Waals surface area contributed by atoms with Crippen LogP contribution >= 0.6 is 22.6 Å². The number of nitro benzene ring substituents is 1. The second-order valence-electron chi connectivity index (χ2n) is 4.00. The number of ketones is 1. The van der Waals surface area contributed by atoms with Crippen molar-refractivity contribution in [3.05, 3.63) is 73.3 Å². The molecule has 2 aromatic carbocycles. The summed E-state index contributed by atoms with van der Waals surface area (Å²) in [7, 11) is 0. The molecule has 96 valence electrons. The second kappa shape index (κ2) is 5.92. The number of para-hydroxylation sites is 1. The van der Waals surface area contributed by atoms with Crippen LogP contribution in [0, 0.1) is 13.7 Å². The predicted octanol–water partition coefficient (Wildman–Crippen LogP) is 3.62. The quantitative estimate of drug-likeness (QED) is 0.359. The SMILES string of the molecule is O=C(Cc1ccccc1[N+](=O)[O-])c1cccc(I)c1. The molecule has 0 spiro atoms. The first-order chi connectivity index (χ1) is 9.08. The smallest absolute Gasteiger partial charge is 0.273 e. The molecule has 0 aromatic heterocycles.